The van der Waals surface area contributed by atoms with Crippen molar-refractivity contribution in [3.8, 4) is 5.75 Å². The molecule has 21 heavy (non-hydrogen) atoms. The summed E-state index contributed by atoms with van der Waals surface area (Å²) in [6.07, 6.45) is 1.46. The van der Waals surface area contributed by atoms with Gasteiger partial charge in [0, 0.05) is 0 Å². The van der Waals surface area contributed by atoms with E-state index in [0.717, 1.165) is 0 Å². The first-order valence-electron chi connectivity index (χ1n) is 6.19. The zero-order valence-corrected chi connectivity index (χ0v) is 11.1. The van der Waals surface area contributed by atoms with E-state index >= 15 is 0 Å². The van der Waals surface area contributed by atoms with E-state index in [2.05, 4.69) is 15.6 Å². The third-order valence-electron chi connectivity index (χ3n) is 2.46. The fraction of sp³-hybridized carbons (Fsp3) is 0.231. The van der Waals surface area contributed by atoms with Crippen molar-refractivity contribution in [3.63, 3.8) is 0 Å². The van der Waals surface area contributed by atoms with E-state index in [1.165, 1.54) is 10.9 Å². The standard InChI is InChI=1S/C13H14N4O4/c18-12(9-21-11-4-2-1-3-5-11)14-6-10-7-17(16-15-10)8-13(19)20/h1-5,7H,6,8-9H2,(H,14,18)(H,19,20). The number of nitrogens with zero attached hydrogens (tertiary/aromatic N) is 3. The Morgan fingerprint density at radius 3 is 2.76 bits per heavy atom. The molecule has 2 aromatic rings. The number of carbonyl (C=O) groups is 2. The first-order chi connectivity index (χ1) is 10.1. The maximum absolute atomic E-state index is 11.6. The first-order valence-corrected chi connectivity index (χ1v) is 6.19. The minimum atomic E-state index is -1.01. The number of carboxylic acid groups (broad SMARTS) is 1. The quantitative estimate of drug-likeness (QED) is 0.746. The monoisotopic (exact) mass is 290 g/mol. The molecule has 8 heteroatoms. The van der Waals surface area contributed by atoms with Crippen molar-refractivity contribution in [1.82, 2.24) is 20.3 Å². The summed E-state index contributed by atoms with van der Waals surface area (Å²) in [5.74, 6) is -0.696. The summed E-state index contributed by atoms with van der Waals surface area (Å²) in [7, 11) is 0. The van der Waals surface area contributed by atoms with Crippen LogP contribution in [-0.2, 0) is 22.7 Å². The molecule has 0 bridgehead atoms. The highest BCUT2D eigenvalue weighted by Crippen LogP contribution is 2.07. The number of hydrogen-bond donors (Lipinski definition) is 2. The molecule has 0 aliphatic carbocycles. The van der Waals surface area contributed by atoms with Crippen molar-refractivity contribution in [2.24, 2.45) is 0 Å². The van der Waals surface area contributed by atoms with Crippen LogP contribution in [0.15, 0.2) is 36.5 Å². The Labute approximate surface area is 120 Å². The molecule has 0 unspecified atom stereocenters. The Morgan fingerprint density at radius 2 is 2.05 bits per heavy atom. The minimum Gasteiger partial charge on any atom is -0.484 e. The number of rotatable bonds is 7. The largest absolute Gasteiger partial charge is 0.484 e. The molecule has 0 saturated carbocycles. The molecule has 2 rings (SSSR count). The number of ether oxygens (including phenoxy) is 1. The van der Waals surface area contributed by atoms with Crippen LogP contribution in [0.5, 0.6) is 5.75 Å². The molecule has 0 saturated heterocycles. The van der Waals surface area contributed by atoms with Crippen molar-refractivity contribution in [3.05, 3.63) is 42.2 Å². The molecule has 8 nitrogen and oxygen atoms in total. The molecule has 1 amide bonds. The average Bonchev–Trinajstić information content (AvgIpc) is 2.91. The Hall–Kier alpha value is -2.90. The van der Waals surface area contributed by atoms with Crippen molar-refractivity contribution in [1.29, 1.82) is 0 Å². The second-order valence-corrected chi connectivity index (χ2v) is 4.18. The maximum Gasteiger partial charge on any atom is 0.325 e. The minimum absolute atomic E-state index is 0.104. The molecule has 0 aliphatic rings. The van der Waals surface area contributed by atoms with Crippen LogP contribution in [0.3, 0.4) is 0 Å². The predicted octanol–water partition coefficient (Wildman–Crippen LogP) is 0.0579. The van der Waals surface area contributed by atoms with Gasteiger partial charge in [0.2, 0.25) is 0 Å². The van der Waals surface area contributed by atoms with Crippen molar-refractivity contribution < 1.29 is 19.4 Å². The third kappa shape index (κ3) is 4.94. The molecule has 0 aliphatic heterocycles. The van der Waals surface area contributed by atoms with Crippen molar-refractivity contribution in [2.75, 3.05) is 6.61 Å². The van der Waals surface area contributed by atoms with Gasteiger partial charge in [0.25, 0.3) is 5.91 Å². The molecule has 0 radical (unpaired) electrons. The summed E-state index contributed by atoms with van der Waals surface area (Å²) < 4.78 is 6.47. The summed E-state index contributed by atoms with van der Waals surface area (Å²) in [4.78, 5) is 22.1. The zero-order valence-electron chi connectivity index (χ0n) is 11.1. The van der Waals surface area contributed by atoms with E-state index < -0.39 is 5.97 Å². The van der Waals surface area contributed by atoms with Crippen LogP contribution in [0.1, 0.15) is 5.69 Å². The van der Waals surface area contributed by atoms with Crippen LogP contribution in [-0.4, -0.2) is 38.6 Å². The molecule has 0 atom stereocenters. The fourth-order valence-corrected chi connectivity index (χ4v) is 1.54. The number of carboxylic acids is 1. The van der Waals surface area contributed by atoms with E-state index in [1.54, 1.807) is 12.1 Å². The number of nitrogens with one attached hydrogen (secondary N) is 1. The van der Waals surface area contributed by atoms with Gasteiger partial charge in [0.1, 0.15) is 18.0 Å². The molecule has 110 valence electrons. The number of amides is 1. The van der Waals surface area contributed by atoms with Crippen LogP contribution >= 0.6 is 0 Å². The maximum atomic E-state index is 11.6. The molecule has 1 heterocycles. The van der Waals surface area contributed by atoms with E-state index in [-0.39, 0.29) is 25.6 Å². The molecule has 0 fully saturated rings. The number of para-hydroxylation sites is 1. The number of benzene rings is 1. The third-order valence-corrected chi connectivity index (χ3v) is 2.46. The highest BCUT2D eigenvalue weighted by Gasteiger charge is 2.07. The van der Waals surface area contributed by atoms with E-state index in [4.69, 9.17) is 9.84 Å². The summed E-state index contributed by atoms with van der Waals surface area (Å²) >= 11 is 0. The summed E-state index contributed by atoms with van der Waals surface area (Å²) in [6, 6.07) is 8.99. The Kier molecular flexibility index (Phi) is 4.86. The Morgan fingerprint density at radius 1 is 1.29 bits per heavy atom. The Balaban J connectivity index is 1.73. The lowest BCUT2D eigenvalue weighted by Gasteiger charge is -2.05. The lowest BCUT2D eigenvalue weighted by atomic mass is 10.3. The van der Waals surface area contributed by atoms with Crippen LogP contribution in [0.25, 0.3) is 0 Å². The normalized spacial score (nSPS) is 10.1. The van der Waals surface area contributed by atoms with Gasteiger partial charge < -0.3 is 15.2 Å². The molecule has 2 N–H and O–H groups in total. The summed E-state index contributed by atoms with van der Waals surface area (Å²) in [5, 5.41) is 18.6. The molecule has 1 aromatic heterocycles. The van der Waals surface area contributed by atoms with Crippen LogP contribution in [0.4, 0.5) is 0 Å². The van der Waals surface area contributed by atoms with Gasteiger partial charge in [0.05, 0.1) is 12.7 Å². The van der Waals surface area contributed by atoms with Crippen molar-refractivity contribution >= 4 is 11.9 Å². The second-order valence-electron chi connectivity index (χ2n) is 4.18. The van der Waals surface area contributed by atoms with Gasteiger partial charge in [-0.25, -0.2) is 4.68 Å². The molecule has 1 aromatic carbocycles. The topological polar surface area (TPSA) is 106 Å². The van der Waals surface area contributed by atoms with Gasteiger partial charge in [-0.05, 0) is 12.1 Å². The second kappa shape index (κ2) is 7.04. The van der Waals surface area contributed by atoms with Gasteiger partial charge in [-0.3, -0.25) is 9.59 Å². The van der Waals surface area contributed by atoms with Crippen LogP contribution in [0.2, 0.25) is 0 Å². The van der Waals surface area contributed by atoms with Gasteiger partial charge in [-0.15, -0.1) is 5.10 Å². The number of hydrogen-bond acceptors (Lipinski definition) is 5. The van der Waals surface area contributed by atoms with Gasteiger partial charge in [-0.2, -0.15) is 0 Å². The summed E-state index contributed by atoms with van der Waals surface area (Å²) in [5.41, 5.74) is 0.476. The summed E-state index contributed by atoms with van der Waals surface area (Å²) in [6.45, 7) is -0.206. The van der Waals surface area contributed by atoms with Crippen LogP contribution in [0, 0.1) is 0 Å². The lowest BCUT2D eigenvalue weighted by molar-refractivity contribution is -0.138. The molecular formula is C13H14N4O4. The smallest absolute Gasteiger partial charge is 0.325 e. The first kappa shape index (κ1) is 14.5. The fourth-order valence-electron chi connectivity index (χ4n) is 1.54. The predicted molar refractivity (Wildman–Crippen MR) is 71.4 cm³/mol. The zero-order chi connectivity index (χ0) is 15.1. The van der Waals surface area contributed by atoms with Crippen molar-refractivity contribution in [2.45, 2.75) is 13.1 Å². The van der Waals surface area contributed by atoms with Gasteiger partial charge in [-0.1, -0.05) is 23.4 Å². The van der Waals surface area contributed by atoms with Crippen LogP contribution < -0.4 is 10.1 Å². The highest BCUT2D eigenvalue weighted by molar-refractivity contribution is 5.77. The van der Waals surface area contributed by atoms with Gasteiger partial charge >= 0.3 is 5.97 Å². The number of carbonyl (C=O) groups excluding carboxylic acids is 1. The van der Waals surface area contributed by atoms with E-state index in [1.807, 2.05) is 18.2 Å². The SMILES string of the molecule is O=C(O)Cn1cc(CNC(=O)COc2ccccc2)nn1. The highest BCUT2D eigenvalue weighted by atomic mass is 16.5. The Bertz CT molecular complexity index is 612. The molecular weight excluding hydrogens is 276 g/mol. The van der Waals surface area contributed by atoms with E-state index in [0.29, 0.717) is 11.4 Å². The van der Waals surface area contributed by atoms with Gasteiger partial charge in [0.15, 0.2) is 6.61 Å². The number of aromatic nitrogens is 3. The molecule has 0 spiro atoms. The van der Waals surface area contributed by atoms with E-state index in [9.17, 15) is 9.59 Å². The lowest BCUT2D eigenvalue weighted by Crippen LogP contribution is -2.28. The number of aliphatic carboxylic acids is 1. The average molecular weight is 290 g/mol.